The molecule has 1 aromatic carbocycles. The SMILES string of the molecule is COc1cc(C)cc(C)c1NC(=O)CC(N)C(=O)O. The molecule has 104 valence electrons. The molecule has 0 aliphatic carbocycles. The van der Waals surface area contributed by atoms with Gasteiger partial charge in [-0.3, -0.25) is 9.59 Å². The van der Waals surface area contributed by atoms with Crippen LogP contribution < -0.4 is 15.8 Å². The molecule has 0 bridgehead atoms. The maximum absolute atomic E-state index is 11.7. The van der Waals surface area contributed by atoms with Crippen LogP contribution in [0.15, 0.2) is 12.1 Å². The fourth-order valence-electron chi connectivity index (χ4n) is 1.73. The molecule has 6 heteroatoms. The highest BCUT2D eigenvalue weighted by molar-refractivity contribution is 5.95. The Hall–Kier alpha value is -2.08. The maximum Gasteiger partial charge on any atom is 0.321 e. The Morgan fingerprint density at radius 2 is 2.05 bits per heavy atom. The summed E-state index contributed by atoms with van der Waals surface area (Å²) in [5, 5.41) is 11.3. The standard InChI is InChI=1S/C13H18N2O4/c1-7-4-8(2)12(10(5-7)19-3)15-11(16)6-9(14)13(17)18/h4-5,9H,6,14H2,1-3H3,(H,15,16)(H,17,18). The summed E-state index contributed by atoms with van der Waals surface area (Å²) in [5.41, 5.74) is 7.70. The second-order valence-electron chi connectivity index (χ2n) is 4.36. The number of aliphatic carboxylic acids is 1. The largest absolute Gasteiger partial charge is 0.495 e. The van der Waals surface area contributed by atoms with E-state index in [1.807, 2.05) is 19.9 Å². The van der Waals surface area contributed by atoms with Crippen LogP contribution in [0.25, 0.3) is 0 Å². The predicted molar refractivity (Wildman–Crippen MR) is 71.3 cm³/mol. The van der Waals surface area contributed by atoms with Gasteiger partial charge in [0.05, 0.1) is 19.2 Å². The van der Waals surface area contributed by atoms with Gasteiger partial charge in [-0.2, -0.15) is 0 Å². The van der Waals surface area contributed by atoms with Gasteiger partial charge in [0.1, 0.15) is 11.8 Å². The molecule has 0 aromatic heterocycles. The van der Waals surface area contributed by atoms with Crippen LogP contribution >= 0.6 is 0 Å². The smallest absolute Gasteiger partial charge is 0.321 e. The number of amides is 1. The molecular weight excluding hydrogens is 248 g/mol. The number of hydrogen-bond donors (Lipinski definition) is 3. The quantitative estimate of drug-likeness (QED) is 0.739. The van der Waals surface area contributed by atoms with Crippen LogP contribution in [-0.2, 0) is 9.59 Å². The van der Waals surface area contributed by atoms with E-state index in [0.29, 0.717) is 11.4 Å². The number of nitrogens with two attached hydrogens (primary N) is 1. The first-order valence-corrected chi connectivity index (χ1v) is 5.78. The van der Waals surface area contributed by atoms with Gasteiger partial charge < -0.3 is 20.9 Å². The fourth-order valence-corrected chi connectivity index (χ4v) is 1.73. The Morgan fingerprint density at radius 3 is 2.58 bits per heavy atom. The topological polar surface area (TPSA) is 102 Å². The lowest BCUT2D eigenvalue weighted by Crippen LogP contribution is -2.34. The van der Waals surface area contributed by atoms with Gasteiger partial charge in [0.15, 0.2) is 0 Å². The van der Waals surface area contributed by atoms with Crippen LogP contribution in [-0.4, -0.2) is 30.1 Å². The monoisotopic (exact) mass is 266 g/mol. The van der Waals surface area contributed by atoms with Crippen LogP contribution in [0.4, 0.5) is 5.69 Å². The van der Waals surface area contributed by atoms with Crippen LogP contribution in [0.1, 0.15) is 17.5 Å². The molecule has 6 nitrogen and oxygen atoms in total. The number of nitrogens with one attached hydrogen (secondary N) is 1. The zero-order valence-electron chi connectivity index (χ0n) is 11.2. The molecule has 0 heterocycles. The Balaban J connectivity index is 2.87. The van der Waals surface area contributed by atoms with E-state index in [4.69, 9.17) is 15.6 Å². The third-order valence-corrected chi connectivity index (χ3v) is 2.65. The summed E-state index contributed by atoms with van der Waals surface area (Å²) in [6, 6.07) is 2.48. The van der Waals surface area contributed by atoms with Gasteiger partial charge in [0, 0.05) is 0 Å². The molecule has 0 fully saturated rings. The average molecular weight is 266 g/mol. The molecule has 0 spiro atoms. The fraction of sp³-hybridized carbons (Fsp3) is 0.385. The number of aryl methyl sites for hydroxylation is 2. The maximum atomic E-state index is 11.7. The Morgan fingerprint density at radius 1 is 1.42 bits per heavy atom. The summed E-state index contributed by atoms with van der Waals surface area (Å²) in [6.45, 7) is 3.75. The van der Waals surface area contributed by atoms with E-state index >= 15 is 0 Å². The zero-order valence-corrected chi connectivity index (χ0v) is 11.2. The van der Waals surface area contributed by atoms with Gasteiger partial charge in [0.2, 0.25) is 5.91 Å². The van der Waals surface area contributed by atoms with Crippen molar-refractivity contribution in [1.29, 1.82) is 0 Å². The first-order valence-electron chi connectivity index (χ1n) is 5.78. The molecule has 1 aromatic rings. The van der Waals surface area contributed by atoms with Crippen LogP contribution in [0.2, 0.25) is 0 Å². The van der Waals surface area contributed by atoms with Crippen molar-refractivity contribution in [3.63, 3.8) is 0 Å². The third kappa shape index (κ3) is 3.96. The van der Waals surface area contributed by atoms with Crippen LogP contribution in [0.5, 0.6) is 5.75 Å². The molecule has 1 unspecified atom stereocenters. The number of hydrogen-bond acceptors (Lipinski definition) is 4. The zero-order chi connectivity index (χ0) is 14.6. The number of anilines is 1. The van der Waals surface area contributed by atoms with Gasteiger partial charge in [-0.1, -0.05) is 6.07 Å². The molecule has 1 rings (SSSR count). The molecule has 19 heavy (non-hydrogen) atoms. The minimum absolute atomic E-state index is 0.286. The summed E-state index contributed by atoms with van der Waals surface area (Å²) in [5.74, 6) is -1.13. The van der Waals surface area contributed by atoms with Gasteiger partial charge >= 0.3 is 5.97 Å². The van der Waals surface area contributed by atoms with E-state index in [2.05, 4.69) is 5.32 Å². The van der Waals surface area contributed by atoms with Crippen molar-refractivity contribution in [3.05, 3.63) is 23.3 Å². The van der Waals surface area contributed by atoms with Gasteiger partial charge in [0.25, 0.3) is 0 Å². The number of carbonyl (C=O) groups is 2. The third-order valence-electron chi connectivity index (χ3n) is 2.65. The average Bonchev–Trinajstić information content (AvgIpc) is 2.31. The van der Waals surface area contributed by atoms with Crippen molar-refractivity contribution in [2.75, 3.05) is 12.4 Å². The Kier molecular flexibility index (Phi) is 4.88. The van der Waals surface area contributed by atoms with E-state index in [1.165, 1.54) is 7.11 Å². The van der Waals surface area contributed by atoms with Crippen molar-refractivity contribution in [3.8, 4) is 5.75 Å². The summed E-state index contributed by atoms with van der Waals surface area (Å²) >= 11 is 0. The van der Waals surface area contributed by atoms with Crippen LogP contribution in [0, 0.1) is 13.8 Å². The lowest BCUT2D eigenvalue weighted by Gasteiger charge is -2.14. The van der Waals surface area contributed by atoms with Crippen molar-refractivity contribution in [1.82, 2.24) is 0 Å². The second kappa shape index (κ2) is 6.19. The summed E-state index contributed by atoms with van der Waals surface area (Å²) < 4.78 is 5.20. The molecule has 1 amide bonds. The highest BCUT2D eigenvalue weighted by Gasteiger charge is 2.18. The van der Waals surface area contributed by atoms with Gasteiger partial charge in [-0.25, -0.2) is 0 Å². The number of carbonyl (C=O) groups excluding carboxylic acids is 1. The molecule has 1 atom stereocenters. The summed E-state index contributed by atoms with van der Waals surface area (Å²) in [4.78, 5) is 22.3. The molecule has 0 saturated heterocycles. The van der Waals surface area contributed by atoms with E-state index in [-0.39, 0.29) is 6.42 Å². The minimum Gasteiger partial charge on any atom is -0.495 e. The number of benzene rings is 1. The lowest BCUT2D eigenvalue weighted by molar-refractivity contribution is -0.140. The van der Waals surface area contributed by atoms with Crippen LogP contribution in [0.3, 0.4) is 0 Å². The highest BCUT2D eigenvalue weighted by atomic mass is 16.5. The van der Waals surface area contributed by atoms with Gasteiger partial charge in [-0.05, 0) is 31.0 Å². The van der Waals surface area contributed by atoms with E-state index in [1.54, 1.807) is 6.07 Å². The van der Waals surface area contributed by atoms with Crippen molar-refractivity contribution in [2.24, 2.45) is 5.73 Å². The van der Waals surface area contributed by atoms with Crippen molar-refractivity contribution < 1.29 is 19.4 Å². The predicted octanol–water partition coefficient (Wildman–Crippen LogP) is 1.05. The summed E-state index contributed by atoms with van der Waals surface area (Å²) in [7, 11) is 1.51. The number of methoxy groups -OCH3 is 1. The number of carboxylic acids is 1. The Bertz CT molecular complexity index is 500. The normalized spacial score (nSPS) is 11.8. The Labute approximate surface area is 111 Å². The molecule has 0 saturated carbocycles. The molecular formula is C13H18N2O4. The van der Waals surface area contributed by atoms with E-state index in [9.17, 15) is 9.59 Å². The molecule has 0 aliphatic heterocycles. The highest BCUT2D eigenvalue weighted by Crippen LogP contribution is 2.29. The molecule has 0 aliphatic rings. The lowest BCUT2D eigenvalue weighted by atomic mass is 10.1. The van der Waals surface area contributed by atoms with E-state index in [0.717, 1.165) is 11.1 Å². The van der Waals surface area contributed by atoms with E-state index < -0.39 is 17.9 Å². The number of ether oxygens (including phenoxy) is 1. The van der Waals surface area contributed by atoms with Gasteiger partial charge in [-0.15, -0.1) is 0 Å². The second-order valence-corrected chi connectivity index (χ2v) is 4.36. The van der Waals surface area contributed by atoms with Crippen molar-refractivity contribution >= 4 is 17.6 Å². The molecule has 4 N–H and O–H groups in total. The molecule has 0 radical (unpaired) electrons. The number of carboxylic acid groups (broad SMARTS) is 1. The first kappa shape index (κ1) is 15.0. The van der Waals surface area contributed by atoms with Crippen molar-refractivity contribution in [2.45, 2.75) is 26.3 Å². The summed E-state index contributed by atoms with van der Waals surface area (Å²) in [6.07, 6.45) is -0.286. The minimum atomic E-state index is -1.21. The first-order chi connectivity index (χ1) is 8.85. The number of rotatable bonds is 5.